The SMILES string of the molecule is O=C(CNC(=O)c1cccc(Cl)c1)Nc1c(F)cccc1F. The summed E-state index contributed by atoms with van der Waals surface area (Å²) in [5.41, 5.74) is -0.276. The van der Waals surface area contributed by atoms with E-state index in [1.165, 1.54) is 18.2 Å². The van der Waals surface area contributed by atoms with Crippen LogP contribution < -0.4 is 10.6 Å². The highest BCUT2D eigenvalue weighted by Gasteiger charge is 2.13. The van der Waals surface area contributed by atoms with Crippen molar-refractivity contribution in [3.05, 3.63) is 64.7 Å². The number of nitrogens with one attached hydrogen (secondary N) is 2. The summed E-state index contributed by atoms with van der Waals surface area (Å²) in [4.78, 5) is 23.4. The van der Waals surface area contributed by atoms with Gasteiger partial charge in [0.15, 0.2) is 0 Å². The molecule has 0 aliphatic carbocycles. The molecule has 4 nitrogen and oxygen atoms in total. The fraction of sp³-hybridized carbons (Fsp3) is 0.0667. The van der Waals surface area contributed by atoms with E-state index in [0.29, 0.717) is 5.02 Å². The van der Waals surface area contributed by atoms with Crippen LogP contribution in [-0.2, 0) is 4.79 Å². The van der Waals surface area contributed by atoms with E-state index in [0.717, 1.165) is 12.1 Å². The zero-order valence-corrected chi connectivity index (χ0v) is 12.0. The molecule has 7 heteroatoms. The number of hydrogen-bond acceptors (Lipinski definition) is 2. The van der Waals surface area contributed by atoms with E-state index in [1.54, 1.807) is 12.1 Å². The second kappa shape index (κ2) is 7.00. The van der Waals surface area contributed by atoms with E-state index >= 15 is 0 Å². The van der Waals surface area contributed by atoms with E-state index in [4.69, 9.17) is 11.6 Å². The van der Waals surface area contributed by atoms with Gasteiger partial charge in [-0.15, -0.1) is 0 Å². The maximum absolute atomic E-state index is 13.4. The Morgan fingerprint density at radius 3 is 2.32 bits per heavy atom. The van der Waals surface area contributed by atoms with Crippen LogP contribution in [0.5, 0.6) is 0 Å². The molecule has 0 aromatic heterocycles. The zero-order chi connectivity index (χ0) is 16.1. The Kier molecular flexibility index (Phi) is 5.06. The molecule has 2 aromatic carbocycles. The third-order valence-electron chi connectivity index (χ3n) is 2.72. The first-order valence-corrected chi connectivity index (χ1v) is 6.63. The van der Waals surface area contributed by atoms with Gasteiger partial charge in [-0.25, -0.2) is 8.78 Å². The number of anilines is 1. The van der Waals surface area contributed by atoms with Crippen LogP contribution >= 0.6 is 11.6 Å². The second-order valence-electron chi connectivity index (χ2n) is 4.34. The van der Waals surface area contributed by atoms with Crippen molar-refractivity contribution in [2.45, 2.75) is 0 Å². The third kappa shape index (κ3) is 4.02. The Hall–Kier alpha value is -2.47. The normalized spacial score (nSPS) is 10.1. The molecule has 22 heavy (non-hydrogen) atoms. The summed E-state index contributed by atoms with van der Waals surface area (Å²) in [6, 6.07) is 9.37. The average molecular weight is 325 g/mol. The van der Waals surface area contributed by atoms with Crippen LogP contribution in [-0.4, -0.2) is 18.4 Å². The predicted molar refractivity (Wildman–Crippen MR) is 78.8 cm³/mol. The van der Waals surface area contributed by atoms with E-state index in [2.05, 4.69) is 10.6 Å². The minimum absolute atomic E-state index is 0.275. The Morgan fingerprint density at radius 2 is 1.68 bits per heavy atom. The average Bonchev–Trinajstić information content (AvgIpc) is 2.48. The number of rotatable bonds is 4. The maximum Gasteiger partial charge on any atom is 0.251 e. The van der Waals surface area contributed by atoms with Crippen LogP contribution in [0.3, 0.4) is 0 Å². The van der Waals surface area contributed by atoms with Gasteiger partial charge in [0.2, 0.25) is 5.91 Å². The van der Waals surface area contributed by atoms with E-state index < -0.39 is 35.7 Å². The van der Waals surface area contributed by atoms with Crippen LogP contribution in [0.2, 0.25) is 5.02 Å². The monoisotopic (exact) mass is 324 g/mol. The van der Waals surface area contributed by atoms with Crippen LogP contribution in [0.25, 0.3) is 0 Å². The fourth-order valence-electron chi connectivity index (χ4n) is 1.69. The standard InChI is InChI=1S/C15H11ClF2N2O2/c16-10-4-1-3-9(7-10)15(22)19-8-13(21)20-14-11(17)5-2-6-12(14)18/h1-7H,8H2,(H,19,22)(H,20,21). The number of benzene rings is 2. The lowest BCUT2D eigenvalue weighted by Crippen LogP contribution is -2.33. The molecule has 0 aliphatic rings. The predicted octanol–water partition coefficient (Wildman–Crippen LogP) is 2.99. The molecule has 0 unspecified atom stereocenters. The summed E-state index contributed by atoms with van der Waals surface area (Å²) in [5, 5.41) is 4.78. The van der Waals surface area contributed by atoms with Crippen molar-refractivity contribution in [1.82, 2.24) is 5.32 Å². The number of carbonyl (C=O) groups is 2. The van der Waals surface area contributed by atoms with Gasteiger partial charge in [-0.3, -0.25) is 9.59 Å². The molecule has 2 aromatic rings. The van der Waals surface area contributed by atoms with Crippen LogP contribution in [0.4, 0.5) is 14.5 Å². The lowest BCUT2D eigenvalue weighted by Gasteiger charge is -2.08. The van der Waals surface area contributed by atoms with Crippen LogP contribution in [0.1, 0.15) is 10.4 Å². The van der Waals surface area contributed by atoms with Gasteiger partial charge in [0.05, 0.1) is 6.54 Å². The molecule has 0 fully saturated rings. The quantitative estimate of drug-likeness (QED) is 0.908. The van der Waals surface area contributed by atoms with E-state index in [9.17, 15) is 18.4 Å². The smallest absolute Gasteiger partial charge is 0.251 e. The van der Waals surface area contributed by atoms with Crippen molar-refractivity contribution in [3.63, 3.8) is 0 Å². The molecule has 0 radical (unpaired) electrons. The van der Waals surface area contributed by atoms with Gasteiger partial charge < -0.3 is 10.6 Å². The highest BCUT2D eigenvalue weighted by atomic mass is 35.5. The Bertz CT molecular complexity index is 702. The lowest BCUT2D eigenvalue weighted by atomic mass is 10.2. The van der Waals surface area contributed by atoms with Crippen LogP contribution in [0, 0.1) is 11.6 Å². The van der Waals surface area contributed by atoms with Crippen LogP contribution in [0.15, 0.2) is 42.5 Å². The van der Waals surface area contributed by atoms with Crippen molar-refractivity contribution >= 4 is 29.1 Å². The summed E-state index contributed by atoms with van der Waals surface area (Å²) in [7, 11) is 0. The Morgan fingerprint density at radius 1 is 1.05 bits per heavy atom. The second-order valence-corrected chi connectivity index (χ2v) is 4.77. The number of amides is 2. The van der Waals surface area contributed by atoms with Gasteiger partial charge in [0.25, 0.3) is 5.91 Å². The molecule has 0 bridgehead atoms. The molecule has 0 heterocycles. The first-order valence-electron chi connectivity index (χ1n) is 6.25. The molecule has 2 rings (SSSR count). The lowest BCUT2D eigenvalue weighted by molar-refractivity contribution is -0.115. The summed E-state index contributed by atoms with van der Waals surface area (Å²) in [5.74, 6) is -3.06. The Labute approximate surface area is 130 Å². The minimum atomic E-state index is -0.894. The Balaban J connectivity index is 1.94. The van der Waals surface area contributed by atoms with Gasteiger partial charge in [0.1, 0.15) is 17.3 Å². The van der Waals surface area contributed by atoms with Gasteiger partial charge in [-0.05, 0) is 30.3 Å². The maximum atomic E-state index is 13.4. The van der Waals surface area contributed by atoms with E-state index in [1.807, 2.05) is 0 Å². The van der Waals surface area contributed by atoms with Crippen molar-refractivity contribution < 1.29 is 18.4 Å². The first kappa shape index (κ1) is 15.9. The minimum Gasteiger partial charge on any atom is -0.343 e. The summed E-state index contributed by atoms with van der Waals surface area (Å²) >= 11 is 5.75. The number of hydrogen-bond donors (Lipinski definition) is 2. The van der Waals surface area contributed by atoms with Crippen molar-refractivity contribution in [2.24, 2.45) is 0 Å². The summed E-state index contributed by atoms with van der Waals surface area (Å²) in [6.07, 6.45) is 0. The molecular weight excluding hydrogens is 314 g/mol. The van der Waals surface area contributed by atoms with Crippen molar-refractivity contribution in [3.8, 4) is 0 Å². The molecule has 114 valence electrons. The highest BCUT2D eigenvalue weighted by Crippen LogP contribution is 2.17. The first-order chi connectivity index (χ1) is 10.5. The van der Waals surface area contributed by atoms with Gasteiger partial charge >= 0.3 is 0 Å². The zero-order valence-electron chi connectivity index (χ0n) is 11.2. The number of carbonyl (C=O) groups excluding carboxylic acids is 2. The molecule has 0 atom stereocenters. The topological polar surface area (TPSA) is 58.2 Å². The fourth-order valence-corrected chi connectivity index (χ4v) is 1.88. The molecule has 0 saturated heterocycles. The summed E-state index contributed by atoms with van der Waals surface area (Å²) < 4.78 is 26.7. The van der Waals surface area contributed by atoms with Gasteiger partial charge in [-0.1, -0.05) is 23.7 Å². The largest absolute Gasteiger partial charge is 0.343 e. The van der Waals surface area contributed by atoms with Crippen molar-refractivity contribution in [2.75, 3.05) is 11.9 Å². The van der Waals surface area contributed by atoms with E-state index in [-0.39, 0.29) is 5.56 Å². The molecular formula is C15H11ClF2N2O2. The summed E-state index contributed by atoms with van der Waals surface area (Å²) in [6.45, 7) is -0.431. The van der Waals surface area contributed by atoms with Crippen molar-refractivity contribution in [1.29, 1.82) is 0 Å². The number of halogens is 3. The van der Waals surface area contributed by atoms with Gasteiger partial charge in [-0.2, -0.15) is 0 Å². The molecule has 0 aliphatic heterocycles. The van der Waals surface area contributed by atoms with Gasteiger partial charge in [0, 0.05) is 10.6 Å². The number of para-hydroxylation sites is 1. The highest BCUT2D eigenvalue weighted by molar-refractivity contribution is 6.31. The molecule has 0 saturated carbocycles. The molecule has 2 N–H and O–H groups in total. The molecule has 0 spiro atoms. The third-order valence-corrected chi connectivity index (χ3v) is 2.96. The molecule has 2 amide bonds.